The van der Waals surface area contributed by atoms with E-state index in [0.29, 0.717) is 0 Å². The van der Waals surface area contributed by atoms with Crippen LogP contribution in [0.1, 0.15) is 37.2 Å². The van der Waals surface area contributed by atoms with E-state index < -0.39 is 30.5 Å². The van der Waals surface area contributed by atoms with Crippen molar-refractivity contribution in [3.63, 3.8) is 0 Å². The van der Waals surface area contributed by atoms with Gasteiger partial charge in [-0.25, -0.2) is 18.4 Å². The monoisotopic (exact) mass is 502 g/mol. The van der Waals surface area contributed by atoms with Crippen molar-refractivity contribution >= 4 is 17.3 Å². The molecule has 0 radical (unpaired) electrons. The summed E-state index contributed by atoms with van der Waals surface area (Å²) in [6.07, 6.45) is -5.21. The number of aromatic nitrogens is 3. The fraction of sp³-hybridized carbons (Fsp3) is 0.364. The molecular weight excluding hydrogens is 483 g/mol. The van der Waals surface area contributed by atoms with Crippen molar-refractivity contribution in [1.82, 2.24) is 14.8 Å². The van der Waals surface area contributed by atoms with E-state index in [1.54, 1.807) is 0 Å². The summed E-state index contributed by atoms with van der Waals surface area (Å²) in [5.74, 6) is -1.64. The highest BCUT2D eigenvalue weighted by molar-refractivity contribution is 6.33. The molecule has 3 aromatic rings. The third-order valence-electron chi connectivity index (χ3n) is 5.31. The quantitative estimate of drug-likeness (QED) is 0.390. The number of hydrogen-bond acceptors (Lipinski definition) is 5. The van der Waals surface area contributed by atoms with E-state index in [2.05, 4.69) is 15.4 Å². The minimum absolute atomic E-state index is 0.000627. The first-order valence-corrected chi connectivity index (χ1v) is 10.8. The van der Waals surface area contributed by atoms with Gasteiger partial charge in [-0.1, -0.05) is 17.7 Å². The van der Waals surface area contributed by atoms with Crippen LogP contribution in [-0.2, 0) is 13.2 Å². The molecule has 0 amide bonds. The third-order valence-corrected chi connectivity index (χ3v) is 5.63. The summed E-state index contributed by atoms with van der Waals surface area (Å²) < 4.78 is 75.3. The highest BCUT2D eigenvalue weighted by Crippen LogP contribution is 2.37. The lowest BCUT2D eigenvalue weighted by Gasteiger charge is -2.21. The number of nitrogens with one attached hydrogen (secondary N) is 1. The molecule has 2 aromatic carbocycles. The number of hydrogen-bond donors (Lipinski definition) is 2. The van der Waals surface area contributed by atoms with Crippen LogP contribution in [0.2, 0.25) is 5.02 Å². The van der Waals surface area contributed by atoms with Gasteiger partial charge in [0.05, 0.1) is 22.3 Å². The van der Waals surface area contributed by atoms with E-state index in [1.807, 2.05) is 0 Å². The smallest absolute Gasteiger partial charge is 0.425 e. The fourth-order valence-electron chi connectivity index (χ4n) is 3.31. The van der Waals surface area contributed by atoms with Crippen LogP contribution in [0, 0.1) is 11.6 Å². The van der Waals surface area contributed by atoms with Crippen LogP contribution in [0.25, 0.3) is 11.4 Å². The lowest BCUT2D eigenvalue weighted by Crippen LogP contribution is -2.31. The number of aliphatic hydroxyl groups excluding tert-OH is 1. The first kappa shape index (κ1) is 24.2. The Morgan fingerprint density at radius 1 is 1.24 bits per heavy atom. The molecule has 34 heavy (non-hydrogen) atoms. The van der Waals surface area contributed by atoms with Crippen molar-refractivity contribution < 1.29 is 31.8 Å². The summed E-state index contributed by atoms with van der Waals surface area (Å²) in [5.41, 5.74) is -0.271. The molecule has 4 rings (SSSR count). The van der Waals surface area contributed by atoms with Gasteiger partial charge in [-0.2, -0.15) is 18.3 Å². The zero-order valence-corrected chi connectivity index (χ0v) is 18.6. The molecule has 0 spiro atoms. The number of rotatable bonds is 8. The van der Waals surface area contributed by atoms with Gasteiger partial charge in [-0.05, 0) is 44.0 Å². The predicted octanol–water partition coefficient (Wildman–Crippen LogP) is 5.65. The molecule has 1 fully saturated rings. The van der Waals surface area contributed by atoms with Gasteiger partial charge in [0.1, 0.15) is 24.0 Å². The minimum Gasteiger partial charge on any atom is -0.481 e. The van der Waals surface area contributed by atoms with Crippen molar-refractivity contribution in [2.24, 2.45) is 0 Å². The maximum atomic E-state index is 15.1. The second-order valence-corrected chi connectivity index (χ2v) is 8.28. The maximum Gasteiger partial charge on any atom is 0.425 e. The standard InChI is InChI=1S/C22H20ClF5N4O2/c1-11(22(26,27)28)34-18-8-14(21-30-19(10-33)32(31-21)13-5-6-13)17(25)7-12(18)9-29-20-15(23)3-2-4-16(20)24/h2-4,7-8,11,13,29,33H,5-6,9-10H2,1H3/t11-/m0/s1. The molecule has 1 heterocycles. The van der Waals surface area contributed by atoms with E-state index in [1.165, 1.54) is 16.8 Å². The van der Waals surface area contributed by atoms with E-state index in [-0.39, 0.29) is 51.8 Å². The van der Waals surface area contributed by atoms with Crippen LogP contribution in [0.15, 0.2) is 30.3 Å². The summed E-state index contributed by atoms with van der Waals surface area (Å²) in [6, 6.07) is 6.08. The van der Waals surface area contributed by atoms with Crippen LogP contribution in [0.3, 0.4) is 0 Å². The molecule has 1 aromatic heterocycles. The molecule has 1 atom stereocenters. The van der Waals surface area contributed by atoms with Crippen LogP contribution in [0.4, 0.5) is 27.6 Å². The van der Waals surface area contributed by atoms with Gasteiger partial charge in [-0.15, -0.1) is 0 Å². The van der Waals surface area contributed by atoms with E-state index in [4.69, 9.17) is 16.3 Å². The Bertz CT molecular complexity index is 1180. The van der Waals surface area contributed by atoms with Gasteiger partial charge in [0.15, 0.2) is 17.8 Å². The Labute approximate surface area is 196 Å². The van der Waals surface area contributed by atoms with E-state index in [0.717, 1.165) is 38.0 Å². The topological polar surface area (TPSA) is 72.2 Å². The number of anilines is 1. The highest BCUT2D eigenvalue weighted by atomic mass is 35.5. The van der Waals surface area contributed by atoms with Gasteiger partial charge in [0, 0.05) is 12.1 Å². The molecule has 1 saturated carbocycles. The zero-order valence-electron chi connectivity index (χ0n) is 17.8. The number of benzene rings is 2. The first-order chi connectivity index (χ1) is 16.1. The third kappa shape index (κ3) is 5.10. The molecule has 0 saturated heterocycles. The summed E-state index contributed by atoms with van der Waals surface area (Å²) in [4.78, 5) is 4.14. The molecule has 6 nitrogen and oxygen atoms in total. The number of ether oxygens (including phenoxy) is 1. The van der Waals surface area contributed by atoms with Crippen molar-refractivity contribution in [3.05, 3.63) is 58.4 Å². The Hall–Kier alpha value is -2.92. The number of halogens is 6. The maximum absolute atomic E-state index is 15.1. The average Bonchev–Trinajstić information content (AvgIpc) is 3.53. The Morgan fingerprint density at radius 3 is 2.59 bits per heavy atom. The summed E-state index contributed by atoms with van der Waals surface area (Å²) in [7, 11) is 0. The molecular formula is C22H20ClF5N4O2. The second kappa shape index (κ2) is 9.38. The number of alkyl halides is 3. The Balaban J connectivity index is 1.71. The van der Waals surface area contributed by atoms with Crippen LogP contribution >= 0.6 is 11.6 Å². The molecule has 0 unspecified atom stereocenters. The molecule has 12 heteroatoms. The summed E-state index contributed by atoms with van der Waals surface area (Å²) in [5, 5.41) is 16.5. The van der Waals surface area contributed by atoms with Gasteiger partial charge in [-0.3, -0.25) is 0 Å². The van der Waals surface area contributed by atoms with Crippen LogP contribution in [-0.4, -0.2) is 32.2 Å². The van der Waals surface area contributed by atoms with Gasteiger partial charge in [0.25, 0.3) is 0 Å². The van der Waals surface area contributed by atoms with Crippen LogP contribution in [0.5, 0.6) is 5.75 Å². The summed E-state index contributed by atoms with van der Waals surface area (Å²) in [6.45, 7) is 0.118. The zero-order chi connectivity index (χ0) is 24.6. The number of aliphatic hydroxyl groups is 1. The molecule has 0 aliphatic heterocycles. The SMILES string of the molecule is C[C@H](Oc1cc(-c2nc(CO)n(C3CC3)n2)c(F)cc1CNc1c(F)cccc1Cl)C(F)(F)F. The second-order valence-electron chi connectivity index (χ2n) is 7.88. The molecule has 1 aliphatic rings. The highest BCUT2D eigenvalue weighted by Gasteiger charge is 2.38. The predicted molar refractivity (Wildman–Crippen MR) is 114 cm³/mol. The molecule has 2 N–H and O–H groups in total. The van der Waals surface area contributed by atoms with Crippen molar-refractivity contribution in [3.8, 4) is 17.1 Å². The Kier molecular flexibility index (Phi) is 6.68. The fourth-order valence-corrected chi connectivity index (χ4v) is 3.54. The average molecular weight is 503 g/mol. The van der Waals surface area contributed by atoms with Crippen LogP contribution < -0.4 is 10.1 Å². The largest absolute Gasteiger partial charge is 0.481 e. The minimum atomic E-state index is -4.68. The van der Waals surface area contributed by atoms with E-state index >= 15 is 4.39 Å². The van der Waals surface area contributed by atoms with Gasteiger partial charge in [0.2, 0.25) is 0 Å². The summed E-state index contributed by atoms with van der Waals surface area (Å²) >= 11 is 5.98. The van der Waals surface area contributed by atoms with Crippen molar-refractivity contribution in [1.29, 1.82) is 0 Å². The van der Waals surface area contributed by atoms with Gasteiger partial charge >= 0.3 is 6.18 Å². The molecule has 182 valence electrons. The lowest BCUT2D eigenvalue weighted by molar-refractivity contribution is -0.189. The van der Waals surface area contributed by atoms with Crippen molar-refractivity contribution in [2.75, 3.05) is 5.32 Å². The molecule has 0 bridgehead atoms. The van der Waals surface area contributed by atoms with Crippen molar-refractivity contribution in [2.45, 2.75) is 51.2 Å². The van der Waals surface area contributed by atoms with Gasteiger partial charge < -0.3 is 15.2 Å². The number of nitrogens with zero attached hydrogens (tertiary/aromatic N) is 3. The van der Waals surface area contributed by atoms with E-state index in [9.17, 15) is 22.7 Å². The first-order valence-electron chi connectivity index (χ1n) is 10.4. The number of para-hydroxylation sites is 1. The lowest BCUT2D eigenvalue weighted by atomic mass is 10.1. The molecule has 1 aliphatic carbocycles. The normalized spacial score (nSPS) is 14.8. The Morgan fingerprint density at radius 2 is 1.97 bits per heavy atom.